The van der Waals surface area contributed by atoms with E-state index < -0.39 is 11.9 Å². The normalized spacial score (nSPS) is 12.5. The molecule has 0 saturated heterocycles. The highest BCUT2D eigenvalue weighted by Gasteiger charge is 2.20. The van der Waals surface area contributed by atoms with Crippen molar-refractivity contribution in [3.05, 3.63) is 46.3 Å². The number of nitrogens with zero attached hydrogens (tertiary/aromatic N) is 2. The van der Waals surface area contributed by atoms with Crippen LogP contribution in [0.2, 0.25) is 10.0 Å². The lowest BCUT2D eigenvalue weighted by Crippen LogP contribution is -2.16. The van der Waals surface area contributed by atoms with Gasteiger partial charge in [-0.1, -0.05) is 23.2 Å². The Bertz CT molecular complexity index is 1230. The second kappa shape index (κ2) is 7.91. The van der Waals surface area contributed by atoms with Crippen molar-refractivity contribution in [1.29, 1.82) is 0 Å². The Morgan fingerprint density at radius 2 is 2.00 bits per heavy atom. The molecular formula is C20H15Cl2FN2O3S. The molecule has 1 atom stereocenters. The number of benzene rings is 2. The third-order valence-electron chi connectivity index (χ3n) is 4.31. The van der Waals surface area contributed by atoms with E-state index in [1.54, 1.807) is 32.4 Å². The van der Waals surface area contributed by atoms with Crippen LogP contribution in [-0.2, 0) is 0 Å². The van der Waals surface area contributed by atoms with Crippen molar-refractivity contribution in [3.63, 3.8) is 0 Å². The minimum Gasteiger partial charge on any atom is -0.495 e. The predicted octanol–water partition coefficient (Wildman–Crippen LogP) is 5.73. The Kier molecular flexibility index (Phi) is 5.48. The van der Waals surface area contributed by atoms with Crippen molar-refractivity contribution >= 4 is 55.7 Å². The summed E-state index contributed by atoms with van der Waals surface area (Å²) in [5, 5.41) is 10.9. The van der Waals surface area contributed by atoms with E-state index in [4.69, 9.17) is 37.8 Å². The highest BCUT2D eigenvalue weighted by molar-refractivity contribution is 7.21. The molecule has 4 rings (SSSR count). The summed E-state index contributed by atoms with van der Waals surface area (Å²) in [5.74, 6) is -0.131. The zero-order chi connectivity index (χ0) is 20.7. The third kappa shape index (κ3) is 3.71. The molecule has 2 aromatic heterocycles. The molecule has 2 aromatic carbocycles. The number of hydrogen-bond acceptors (Lipinski definition) is 6. The lowest BCUT2D eigenvalue weighted by atomic mass is 10.1. The second-order valence-electron chi connectivity index (χ2n) is 6.38. The molecule has 0 radical (unpaired) electrons. The standard InChI is InChI=1S/C20H15Cl2FN2O3S/c1-9(8-26)28-14-6-15-19(16(22)17(14)23)25-20(29-15)13-5-11(21)3-10-4-12(27-2)7-24-18(10)13/h3-7,9,26H,8H2,1-2H3. The fourth-order valence-corrected chi connectivity index (χ4v) is 4.45. The Morgan fingerprint density at radius 1 is 1.21 bits per heavy atom. The van der Waals surface area contributed by atoms with Gasteiger partial charge in [-0.25, -0.2) is 9.37 Å². The topological polar surface area (TPSA) is 64.5 Å². The van der Waals surface area contributed by atoms with Crippen LogP contribution in [0.4, 0.5) is 4.39 Å². The van der Waals surface area contributed by atoms with Crippen molar-refractivity contribution in [2.75, 3.05) is 13.7 Å². The van der Waals surface area contributed by atoms with Gasteiger partial charge in [0.15, 0.2) is 11.6 Å². The van der Waals surface area contributed by atoms with E-state index in [9.17, 15) is 4.39 Å². The van der Waals surface area contributed by atoms with Crippen LogP contribution in [0.1, 0.15) is 6.92 Å². The number of hydrogen-bond donors (Lipinski definition) is 1. The van der Waals surface area contributed by atoms with Gasteiger partial charge >= 0.3 is 0 Å². The minimum absolute atomic E-state index is 0.0296. The number of pyridine rings is 1. The van der Waals surface area contributed by atoms with Crippen LogP contribution < -0.4 is 9.47 Å². The minimum atomic E-state index is -0.713. The summed E-state index contributed by atoms with van der Waals surface area (Å²) < 4.78 is 25.9. The lowest BCUT2D eigenvalue weighted by Gasteiger charge is -2.13. The Hall–Kier alpha value is -2.19. The van der Waals surface area contributed by atoms with Crippen LogP contribution in [0.25, 0.3) is 31.7 Å². The number of aliphatic hydroxyl groups is 1. The lowest BCUT2D eigenvalue weighted by molar-refractivity contribution is 0.125. The van der Waals surface area contributed by atoms with Crippen molar-refractivity contribution in [2.24, 2.45) is 0 Å². The summed E-state index contributed by atoms with van der Waals surface area (Å²) in [6, 6.07) is 6.92. The first-order valence-electron chi connectivity index (χ1n) is 8.61. The molecule has 0 fully saturated rings. The molecule has 9 heteroatoms. The van der Waals surface area contributed by atoms with Crippen molar-refractivity contribution < 1.29 is 19.0 Å². The number of fused-ring (bicyclic) bond motifs is 2. The SMILES string of the molecule is COc1cnc2c(-c3nc4c(Cl)c(F)c(OC(C)CO)cc4s3)cc(Cl)cc2c1. The van der Waals surface area contributed by atoms with Crippen molar-refractivity contribution in [2.45, 2.75) is 13.0 Å². The molecule has 0 bridgehead atoms. The molecule has 0 spiro atoms. The molecule has 1 N–H and O–H groups in total. The van der Waals surface area contributed by atoms with Gasteiger partial charge < -0.3 is 14.6 Å². The Balaban J connectivity index is 1.90. The van der Waals surface area contributed by atoms with Gasteiger partial charge in [0.2, 0.25) is 0 Å². The van der Waals surface area contributed by atoms with E-state index in [0.717, 1.165) is 5.39 Å². The van der Waals surface area contributed by atoms with Gasteiger partial charge in [0.1, 0.15) is 27.4 Å². The summed E-state index contributed by atoms with van der Waals surface area (Å²) >= 11 is 13.8. The smallest absolute Gasteiger partial charge is 0.185 e. The molecule has 0 saturated carbocycles. The first kappa shape index (κ1) is 20.1. The van der Waals surface area contributed by atoms with Crippen LogP contribution in [-0.4, -0.2) is 34.9 Å². The van der Waals surface area contributed by atoms with Crippen molar-refractivity contribution in [3.8, 4) is 22.1 Å². The summed E-state index contributed by atoms with van der Waals surface area (Å²) in [6.07, 6.45) is 1.04. The van der Waals surface area contributed by atoms with Crippen molar-refractivity contribution in [1.82, 2.24) is 9.97 Å². The molecule has 1 unspecified atom stereocenters. The molecule has 0 aliphatic carbocycles. The number of methoxy groups -OCH3 is 1. The molecular weight excluding hydrogens is 438 g/mol. The van der Waals surface area contributed by atoms with Crippen LogP contribution in [0, 0.1) is 5.82 Å². The number of thiazole rings is 1. The Labute approximate surface area is 179 Å². The summed E-state index contributed by atoms with van der Waals surface area (Å²) in [4.78, 5) is 9.00. The van der Waals surface area contributed by atoms with Gasteiger partial charge in [-0.3, -0.25) is 4.98 Å². The molecule has 0 amide bonds. The van der Waals surface area contributed by atoms with E-state index in [-0.39, 0.29) is 17.4 Å². The maximum atomic E-state index is 14.6. The van der Waals surface area contributed by atoms with Crippen LogP contribution in [0.3, 0.4) is 0 Å². The average Bonchev–Trinajstić information content (AvgIpc) is 3.14. The van der Waals surface area contributed by atoms with Gasteiger partial charge in [-0.15, -0.1) is 11.3 Å². The van der Waals surface area contributed by atoms with Gasteiger partial charge in [0.05, 0.1) is 30.1 Å². The van der Waals surface area contributed by atoms with Crippen LogP contribution in [0.5, 0.6) is 11.5 Å². The van der Waals surface area contributed by atoms with E-state index >= 15 is 0 Å². The fraction of sp³-hybridized carbons (Fsp3) is 0.200. The molecule has 2 heterocycles. The van der Waals surface area contributed by atoms with Crippen LogP contribution >= 0.6 is 34.5 Å². The maximum Gasteiger partial charge on any atom is 0.185 e. The van der Waals surface area contributed by atoms with Gasteiger partial charge in [0.25, 0.3) is 0 Å². The van der Waals surface area contributed by atoms with E-state index in [0.29, 0.717) is 37.1 Å². The third-order valence-corrected chi connectivity index (χ3v) is 5.91. The second-order valence-corrected chi connectivity index (χ2v) is 8.22. The fourth-order valence-electron chi connectivity index (χ4n) is 2.90. The summed E-state index contributed by atoms with van der Waals surface area (Å²) in [5.41, 5.74) is 1.73. The largest absolute Gasteiger partial charge is 0.495 e. The summed E-state index contributed by atoms with van der Waals surface area (Å²) in [7, 11) is 1.57. The first-order valence-corrected chi connectivity index (χ1v) is 10.2. The zero-order valence-corrected chi connectivity index (χ0v) is 17.7. The number of ether oxygens (including phenoxy) is 2. The first-order chi connectivity index (χ1) is 13.9. The van der Waals surface area contributed by atoms with Crippen LogP contribution in [0.15, 0.2) is 30.5 Å². The highest BCUT2D eigenvalue weighted by Crippen LogP contribution is 2.41. The molecule has 150 valence electrons. The molecule has 0 aliphatic rings. The summed E-state index contributed by atoms with van der Waals surface area (Å²) in [6.45, 7) is 1.39. The van der Waals surface area contributed by atoms with Gasteiger partial charge in [-0.2, -0.15) is 0 Å². The number of aromatic nitrogens is 2. The maximum absolute atomic E-state index is 14.6. The van der Waals surface area contributed by atoms with E-state index in [1.807, 2.05) is 6.07 Å². The number of aliphatic hydroxyl groups excluding tert-OH is 1. The van der Waals surface area contributed by atoms with Gasteiger partial charge in [0, 0.05) is 22.0 Å². The Morgan fingerprint density at radius 3 is 2.72 bits per heavy atom. The molecule has 29 heavy (non-hydrogen) atoms. The van der Waals surface area contributed by atoms with E-state index in [1.165, 1.54) is 17.4 Å². The molecule has 5 nitrogen and oxygen atoms in total. The molecule has 4 aromatic rings. The number of rotatable bonds is 5. The van der Waals surface area contributed by atoms with Gasteiger partial charge in [-0.05, 0) is 25.1 Å². The number of halogens is 3. The molecule has 0 aliphatic heterocycles. The highest BCUT2D eigenvalue weighted by atomic mass is 35.5. The predicted molar refractivity (Wildman–Crippen MR) is 114 cm³/mol. The monoisotopic (exact) mass is 452 g/mol. The van der Waals surface area contributed by atoms with E-state index in [2.05, 4.69) is 9.97 Å². The quantitative estimate of drug-likeness (QED) is 0.419. The zero-order valence-electron chi connectivity index (χ0n) is 15.4. The average molecular weight is 453 g/mol.